The Bertz CT molecular complexity index is 1270. The van der Waals surface area contributed by atoms with Crippen LogP contribution in [0.3, 0.4) is 0 Å². The zero-order chi connectivity index (χ0) is 24.7. The van der Waals surface area contributed by atoms with Crippen molar-refractivity contribution in [3.8, 4) is 11.5 Å². The smallest absolute Gasteiger partial charge is 0.258 e. The summed E-state index contributed by atoms with van der Waals surface area (Å²) >= 11 is 0. The van der Waals surface area contributed by atoms with Crippen molar-refractivity contribution in [3.05, 3.63) is 90.9 Å². The van der Waals surface area contributed by atoms with Gasteiger partial charge in [0.2, 0.25) is 0 Å². The fraction of sp³-hybridized carbons (Fsp3) is 0.276. The Morgan fingerprint density at radius 2 is 1.67 bits per heavy atom. The Balaban J connectivity index is 1.15. The van der Waals surface area contributed by atoms with Gasteiger partial charge in [0.05, 0.1) is 19.4 Å². The van der Waals surface area contributed by atoms with Gasteiger partial charge in [-0.2, -0.15) is 0 Å². The molecular weight excluding hydrogens is 454 g/mol. The number of piperazine rings is 1. The highest BCUT2D eigenvalue weighted by Gasteiger charge is 2.27. The molecule has 1 amide bonds. The maximum Gasteiger partial charge on any atom is 0.258 e. The van der Waals surface area contributed by atoms with Crippen molar-refractivity contribution in [2.24, 2.45) is 0 Å². The number of carbonyl (C=O) groups is 1. The summed E-state index contributed by atoms with van der Waals surface area (Å²) in [6.45, 7) is 3.93. The van der Waals surface area contributed by atoms with Crippen molar-refractivity contribution in [3.63, 3.8) is 0 Å². The van der Waals surface area contributed by atoms with Crippen LogP contribution < -0.4 is 19.7 Å². The number of nitrogens with one attached hydrogen (secondary N) is 1. The van der Waals surface area contributed by atoms with E-state index >= 15 is 0 Å². The van der Waals surface area contributed by atoms with Crippen LogP contribution in [-0.2, 0) is 4.79 Å². The maximum absolute atomic E-state index is 12.6. The maximum atomic E-state index is 12.6. The topological polar surface area (TPSA) is 67.2 Å². The first kappa shape index (κ1) is 23.8. The molecule has 0 radical (unpaired) electrons. The van der Waals surface area contributed by atoms with E-state index in [4.69, 9.17) is 13.9 Å². The molecule has 3 aromatic carbocycles. The van der Waals surface area contributed by atoms with E-state index < -0.39 is 0 Å². The largest absolute Gasteiger partial charge is 0.497 e. The van der Waals surface area contributed by atoms with E-state index in [-0.39, 0.29) is 18.6 Å². The van der Waals surface area contributed by atoms with Crippen molar-refractivity contribution in [1.29, 1.82) is 0 Å². The fourth-order valence-electron chi connectivity index (χ4n) is 4.64. The van der Waals surface area contributed by atoms with Crippen molar-refractivity contribution < 1.29 is 18.7 Å². The van der Waals surface area contributed by atoms with E-state index in [0.717, 1.165) is 48.5 Å². The molecule has 1 fully saturated rings. The first-order valence-corrected chi connectivity index (χ1v) is 12.2. The number of fused-ring (bicyclic) bond motifs is 1. The number of hydrogen-bond acceptors (Lipinski definition) is 6. The average molecular weight is 486 g/mol. The summed E-state index contributed by atoms with van der Waals surface area (Å²) in [6.07, 6.45) is 1.68. The van der Waals surface area contributed by atoms with Gasteiger partial charge < -0.3 is 24.1 Å². The van der Waals surface area contributed by atoms with Crippen LogP contribution in [0.5, 0.6) is 11.5 Å². The number of hydrogen-bond donors (Lipinski definition) is 1. The van der Waals surface area contributed by atoms with Gasteiger partial charge in [-0.05, 0) is 59.3 Å². The average Bonchev–Trinajstić information content (AvgIpc) is 3.47. The highest BCUT2D eigenvalue weighted by molar-refractivity contribution is 5.84. The molecule has 1 unspecified atom stereocenters. The first-order chi connectivity index (χ1) is 17.7. The van der Waals surface area contributed by atoms with Gasteiger partial charge >= 0.3 is 0 Å². The van der Waals surface area contributed by atoms with Crippen LogP contribution in [0.2, 0.25) is 0 Å². The summed E-state index contributed by atoms with van der Waals surface area (Å²) in [7, 11) is 1.68. The molecule has 1 N–H and O–H groups in total. The van der Waals surface area contributed by atoms with Gasteiger partial charge in [0, 0.05) is 38.4 Å². The molecule has 36 heavy (non-hydrogen) atoms. The van der Waals surface area contributed by atoms with E-state index in [1.165, 1.54) is 5.69 Å². The molecule has 0 aliphatic carbocycles. The van der Waals surface area contributed by atoms with Gasteiger partial charge in [-0.15, -0.1) is 0 Å². The second kappa shape index (κ2) is 11.2. The van der Waals surface area contributed by atoms with E-state index in [1.54, 1.807) is 13.4 Å². The van der Waals surface area contributed by atoms with E-state index in [1.807, 2.05) is 60.7 Å². The molecule has 1 aliphatic heterocycles. The van der Waals surface area contributed by atoms with Crippen molar-refractivity contribution in [1.82, 2.24) is 10.2 Å². The Morgan fingerprint density at radius 3 is 2.39 bits per heavy atom. The summed E-state index contributed by atoms with van der Waals surface area (Å²) in [6, 6.07) is 25.9. The molecule has 186 valence electrons. The molecule has 4 aromatic rings. The van der Waals surface area contributed by atoms with Crippen LogP contribution in [0.1, 0.15) is 11.8 Å². The number of rotatable bonds is 9. The number of furan rings is 1. The lowest BCUT2D eigenvalue weighted by atomic mass is 10.1. The number of carbonyl (C=O) groups excluding carboxylic acids is 1. The van der Waals surface area contributed by atoms with Gasteiger partial charge in [-0.3, -0.25) is 9.69 Å². The van der Waals surface area contributed by atoms with Gasteiger partial charge in [-0.25, -0.2) is 0 Å². The lowest BCUT2D eigenvalue weighted by Crippen LogP contribution is -2.50. The quantitative estimate of drug-likeness (QED) is 0.377. The molecule has 2 heterocycles. The highest BCUT2D eigenvalue weighted by Crippen LogP contribution is 2.26. The van der Waals surface area contributed by atoms with E-state index in [9.17, 15) is 4.79 Å². The highest BCUT2D eigenvalue weighted by atomic mass is 16.5. The molecule has 0 spiro atoms. The number of methoxy groups -OCH3 is 1. The second-order valence-corrected chi connectivity index (χ2v) is 8.85. The monoisotopic (exact) mass is 485 g/mol. The third-order valence-corrected chi connectivity index (χ3v) is 6.65. The molecule has 5 rings (SSSR count). The molecule has 1 atom stereocenters. The molecule has 7 nitrogen and oxygen atoms in total. The van der Waals surface area contributed by atoms with Crippen LogP contribution >= 0.6 is 0 Å². The number of ether oxygens (including phenoxy) is 2. The Labute approximate surface area is 211 Å². The Kier molecular flexibility index (Phi) is 7.38. The number of anilines is 1. The van der Waals surface area contributed by atoms with Crippen LogP contribution in [-0.4, -0.2) is 57.2 Å². The van der Waals surface area contributed by atoms with Gasteiger partial charge in [0.15, 0.2) is 6.61 Å². The molecule has 1 saturated heterocycles. The van der Waals surface area contributed by atoms with Crippen LogP contribution in [0.25, 0.3) is 10.8 Å². The summed E-state index contributed by atoms with van der Waals surface area (Å²) in [5, 5.41) is 5.26. The van der Waals surface area contributed by atoms with Crippen molar-refractivity contribution >= 4 is 22.4 Å². The predicted molar refractivity (Wildman–Crippen MR) is 141 cm³/mol. The third kappa shape index (κ3) is 5.63. The minimum absolute atomic E-state index is 0.0333. The van der Waals surface area contributed by atoms with E-state index in [0.29, 0.717) is 12.3 Å². The third-order valence-electron chi connectivity index (χ3n) is 6.65. The normalized spacial score (nSPS) is 15.0. The summed E-state index contributed by atoms with van der Waals surface area (Å²) in [5.41, 5.74) is 1.18. The molecular formula is C29H31N3O4. The number of nitrogens with zero attached hydrogens (tertiary/aromatic N) is 2. The Morgan fingerprint density at radius 1 is 0.917 bits per heavy atom. The number of amides is 1. The summed E-state index contributed by atoms with van der Waals surface area (Å²) in [4.78, 5) is 17.4. The zero-order valence-electron chi connectivity index (χ0n) is 20.4. The fourth-order valence-corrected chi connectivity index (χ4v) is 4.64. The second-order valence-electron chi connectivity index (χ2n) is 8.85. The molecule has 7 heteroatoms. The standard InChI is InChI=1S/C29H31N3O4/c1-34-25-12-9-24(10-13-25)31-14-16-32(17-15-31)27(28-7-4-18-35-28)20-30-29(33)21-36-26-11-8-22-5-2-3-6-23(22)19-26/h2-13,18-19,27H,14-17,20-21H2,1H3,(H,30,33). The minimum atomic E-state index is -0.156. The summed E-state index contributed by atoms with van der Waals surface area (Å²) < 4.78 is 16.8. The molecule has 1 aliphatic rings. The predicted octanol–water partition coefficient (Wildman–Crippen LogP) is 4.50. The van der Waals surface area contributed by atoms with Crippen LogP contribution in [0, 0.1) is 0 Å². The zero-order valence-corrected chi connectivity index (χ0v) is 20.4. The first-order valence-electron chi connectivity index (χ1n) is 12.2. The minimum Gasteiger partial charge on any atom is -0.497 e. The van der Waals surface area contributed by atoms with Gasteiger partial charge in [-0.1, -0.05) is 30.3 Å². The van der Waals surface area contributed by atoms with Gasteiger partial charge in [0.1, 0.15) is 17.3 Å². The molecule has 0 bridgehead atoms. The molecule has 0 saturated carbocycles. The summed E-state index contributed by atoms with van der Waals surface area (Å²) in [5.74, 6) is 2.23. The van der Waals surface area contributed by atoms with Crippen molar-refractivity contribution in [2.75, 3.05) is 51.3 Å². The SMILES string of the molecule is COc1ccc(N2CCN(C(CNC(=O)COc3ccc4ccccc4c3)c3ccco3)CC2)cc1. The molecule has 1 aromatic heterocycles. The van der Waals surface area contributed by atoms with Crippen molar-refractivity contribution in [2.45, 2.75) is 6.04 Å². The van der Waals surface area contributed by atoms with Gasteiger partial charge in [0.25, 0.3) is 5.91 Å². The van der Waals surface area contributed by atoms with E-state index in [2.05, 4.69) is 33.3 Å². The number of benzene rings is 3. The Hall–Kier alpha value is -3.97. The lowest BCUT2D eigenvalue weighted by Gasteiger charge is -2.39. The van der Waals surface area contributed by atoms with Crippen LogP contribution in [0.4, 0.5) is 5.69 Å². The lowest BCUT2D eigenvalue weighted by molar-refractivity contribution is -0.123. The van der Waals surface area contributed by atoms with Crippen LogP contribution in [0.15, 0.2) is 89.5 Å².